The standard InChI is InChI=1S/C23H24ClFN6O4/c1-14(13-34-3)30-6-7-31(23(30)33)22(32)28-20-9-17(24)21(10-18(20)25)35-16-4-5-26-19(8-16)15-11-27-29(2)12-15/h4-5,8-12,14H,6-7,13H2,1-3H3,(H,28,32)/t14-/m0/s1. The highest BCUT2D eigenvalue weighted by Crippen LogP contribution is 2.34. The van der Waals surface area contributed by atoms with Crippen molar-refractivity contribution in [3.8, 4) is 22.8 Å². The number of methoxy groups -OCH3 is 1. The van der Waals surface area contributed by atoms with E-state index in [0.29, 0.717) is 24.6 Å². The van der Waals surface area contributed by atoms with Crippen molar-refractivity contribution < 1.29 is 23.5 Å². The zero-order valence-corrected chi connectivity index (χ0v) is 20.1. The van der Waals surface area contributed by atoms with Crippen molar-refractivity contribution in [2.24, 2.45) is 7.05 Å². The van der Waals surface area contributed by atoms with Gasteiger partial charge in [0, 0.05) is 57.3 Å². The Morgan fingerprint density at radius 2 is 2.11 bits per heavy atom. The lowest BCUT2D eigenvalue weighted by molar-refractivity contribution is 0.120. The van der Waals surface area contributed by atoms with E-state index in [4.69, 9.17) is 21.1 Å². The number of carbonyl (C=O) groups excluding carboxylic acids is 2. The predicted octanol–water partition coefficient (Wildman–Crippen LogP) is 4.37. The molecule has 0 aliphatic carbocycles. The van der Waals surface area contributed by atoms with Crippen LogP contribution in [0, 0.1) is 5.82 Å². The number of ether oxygens (including phenoxy) is 2. The number of nitrogens with one attached hydrogen (secondary N) is 1. The van der Waals surface area contributed by atoms with Crippen molar-refractivity contribution in [1.29, 1.82) is 0 Å². The second kappa shape index (κ2) is 10.3. The molecule has 1 aliphatic rings. The monoisotopic (exact) mass is 502 g/mol. The van der Waals surface area contributed by atoms with Crippen molar-refractivity contribution >= 4 is 29.4 Å². The fourth-order valence-electron chi connectivity index (χ4n) is 3.68. The van der Waals surface area contributed by atoms with Gasteiger partial charge in [0.2, 0.25) is 0 Å². The first-order valence-electron chi connectivity index (χ1n) is 10.8. The Balaban J connectivity index is 1.46. The van der Waals surface area contributed by atoms with Crippen LogP contribution in [0.15, 0.2) is 42.9 Å². The molecule has 3 aromatic rings. The molecule has 35 heavy (non-hydrogen) atoms. The van der Waals surface area contributed by atoms with Gasteiger partial charge in [0.1, 0.15) is 11.5 Å². The molecule has 1 aliphatic heterocycles. The molecule has 0 spiro atoms. The molecule has 184 valence electrons. The lowest BCUT2D eigenvalue weighted by atomic mass is 10.2. The summed E-state index contributed by atoms with van der Waals surface area (Å²) in [6.07, 6.45) is 5.03. The summed E-state index contributed by atoms with van der Waals surface area (Å²) in [7, 11) is 3.33. The number of halogens is 2. The van der Waals surface area contributed by atoms with E-state index in [2.05, 4.69) is 15.4 Å². The Morgan fingerprint density at radius 1 is 1.31 bits per heavy atom. The smallest absolute Gasteiger partial charge is 0.330 e. The summed E-state index contributed by atoms with van der Waals surface area (Å²) in [5, 5.41) is 6.60. The van der Waals surface area contributed by atoms with Crippen molar-refractivity contribution in [1.82, 2.24) is 24.6 Å². The number of aromatic nitrogens is 3. The quantitative estimate of drug-likeness (QED) is 0.514. The minimum atomic E-state index is -0.768. The third kappa shape index (κ3) is 5.36. The van der Waals surface area contributed by atoms with Gasteiger partial charge in [-0.25, -0.2) is 18.9 Å². The predicted molar refractivity (Wildman–Crippen MR) is 127 cm³/mol. The molecule has 0 radical (unpaired) electrons. The van der Waals surface area contributed by atoms with E-state index in [1.165, 1.54) is 18.1 Å². The minimum Gasteiger partial charge on any atom is -0.456 e. The van der Waals surface area contributed by atoms with E-state index in [-0.39, 0.29) is 29.0 Å². The number of urea groups is 2. The van der Waals surface area contributed by atoms with Gasteiger partial charge < -0.3 is 19.7 Å². The van der Waals surface area contributed by atoms with Gasteiger partial charge >= 0.3 is 12.1 Å². The molecule has 0 bridgehead atoms. The number of hydrogen-bond donors (Lipinski definition) is 1. The van der Waals surface area contributed by atoms with Crippen LogP contribution in [0.5, 0.6) is 11.5 Å². The van der Waals surface area contributed by atoms with E-state index in [9.17, 15) is 14.0 Å². The Bertz CT molecular complexity index is 1250. The largest absolute Gasteiger partial charge is 0.456 e. The first kappa shape index (κ1) is 24.4. The molecule has 0 unspecified atom stereocenters. The Morgan fingerprint density at radius 3 is 2.83 bits per heavy atom. The summed E-state index contributed by atoms with van der Waals surface area (Å²) < 4.78 is 27.3. The van der Waals surface area contributed by atoms with Crippen molar-refractivity contribution in [3.63, 3.8) is 0 Å². The van der Waals surface area contributed by atoms with Crippen LogP contribution < -0.4 is 10.1 Å². The van der Waals surface area contributed by atoms with Crippen molar-refractivity contribution in [2.45, 2.75) is 13.0 Å². The average Bonchev–Trinajstić information content (AvgIpc) is 3.43. The summed E-state index contributed by atoms with van der Waals surface area (Å²) in [5.74, 6) is -0.317. The first-order chi connectivity index (χ1) is 16.8. The van der Waals surface area contributed by atoms with Gasteiger partial charge in [-0.1, -0.05) is 11.6 Å². The number of imide groups is 1. The van der Waals surface area contributed by atoms with Gasteiger partial charge in [0.05, 0.1) is 35.2 Å². The molecule has 3 heterocycles. The molecule has 1 N–H and O–H groups in total. The Labute approximate surface area is 206 Å². The molecule has 1 fully saturated rings. The molecular formula is C23H24ClFN6O4. The normalized spacial score (nSPS) is 14.4. The first-order valence-corrected chi connectivity index (χ1v) is 11.1. The fourth-order valence-corrected chi connectivity index (χ4v) is 3.88. The van der Waals surface area contributed by atoms with Crippen LogP contribution >= 0.6 is 11.6 Å². The molecular weight excluding hydrogens is 479 g/mol. The second-order valence-corrected chi connectivity index (χ2v) is 8.41. The number of nitrogens with zero attached hydrogens (tertiary/aromatic N) is 5. The summed E-state index contributed by atoms with van der Waals surface area (Å²) in [6, 6.07) is 4.18. The number of anilines is 1. The third-order valence-electron chi connectivity index (χ3n) is 5.45. The van der Waals surface area contributed by atoms with Gasteiger partial charge in [0.15, 0.2) is 5.82 Å². The summed E-state index contributed by atoms with van der Waals surface area (Å²) >= 11 is 6.31. The SMILES string of the molecule is COC[C@H](C)N1CCN(C(=O)Nc2cc(Cl)c(Oc3ccnc(-c4cnn(C)c4)c3)cc2F)C1=O. The van der Waals surface area contributed by atoms with Gasteiger partial charge in [0.25, 0.3) is 0 Å². The maximum atomic E-state index is 14.8. The van der Waals surface area contributed by atoms with E-state index in [1.54, 1.807) is 42.5 Å². The summed E-state index contributed by atoms with van der Waals surface area (Å²) in [5.41, 5.74) is 1.24. The van der Waals surface area contributed by atoms with Crippen LogP contribution in [0.1, 0.15) is 6.92 Å². The van der Waals surface area contributed by atoms with Gasteiger partial charge in [-0.2, -0.15) is 5.10 Å². The van der Waals surface area contributed by atoms with Crippen LogP contribution in [0.3, 0.4) is 0 Å². The molecule has 4 rings (SSSR count). The molecule has 10 nitrogen and oxygen atoms in total. The van der Waals surface area contributed by atoms with Crippen LogP contribution in [0.25, 0.3) is 11.3 Å². The Kier molecular flexibility index (Phi) is 7.17. The average molecular weight is 503 g/mol. The highest BCUT2D eigenvalue weighted by atomic mass is 35.5. The third-order valence-corrected chi connectivity index (χ3v) is 5.74. The van der Waals surface area contributed by atoms with Gasteiger partial charge in [-0.15, -0.1) is 0 Å². The van der Waals surface area contributed by atoms with Crippen LogP contribution in [0.4, 0.5) is 19.7 Å². The molecule has 1 atom stereocenters. The summed E-state index contributed by atoms with van der Waals surface area (Å²) in [6.45, 7) is 2.70. The number of rotatable bonds is 7. The number of aryl methyl sites for hydroxylation is 1. The molecule has 1 aromatic carbocycles. The minimum absolute atomic E-state index is 0.0577. The van der Waals surface area contributed by atoms with Gasteiger partial charge in [-0.05, 0) is 19.1 Å². The number of pyridine rings is 1. The molecule has 12 heteroatoms. The van der Waals surface area contributed by atoms with Crippen molar-refractivity contribution in [3.05, 3.63) is 53.7 Å². The van der Waals surface area contributed by atoms with E-state index in [1.807, 2.05) is 6.92 Å². The zero-order valence-electron chi connectivity index (χ0n) is 19.4. The van der Waals surface area contributed by atoms with E-state index < -0.39 is 17.9 Å². The molecule has 1 saturated heterocycles. The fraction of sp³-hybridized carbons (Fsp3) is 0.304. The Hall–Kier alpha value is -3.70. The lowest BCUT2D eigenvalue weighted by Gasteiger charge is -2.23. The number of benzene rings is 1. The van der Waals surface area contributed by atoms with Crippen molar-refractivity contribution in [2.75, 3.05) is 32.1 Å². The lowest BCUT2D eigenvalue weighted by Crippen LogP contribution is -2.43. The van der Waals surface area contributed by atoms with E-state index >= 15 is 0 Å². The summed E-state index contributed by atoms with van der Waals surface area (Å²) in [4.78, 5) is 32.1. The van der Waals surface area contributed by atoms with Crippen LogP contribution in [0.2, 0.25) is 5.02 Å². The molecule has 0 saturated carbocycles. The molecule has 4 amide bonds. The number of amides is 4. The topological polar surface area (TPSA) is 102 Å². The second-order valence-electron chi connectivity index (χ2n) is 8.01. The zero-order chi connectivity index (χ0) is 25.1. The number of carbonyl (C=O) groups is 2. The molecule has 2 aromatic heterocycles. The van der Waals surface area contributed by atoms with Crippen LogP contribution in [-0.2, 0) is 11.8 Å². The highest BCUT2D eigenvalue weighted by molar-refractivity contribution is 6.32. The van der Waals surface area contributed by atoms with E-state index in [0.717, 1.165) is 16.5 Å². The maximum Gasteiger partial charge on any atom is 0.330 e. The van der Waals surface area contributed by atoms with Gasteiger partial charge in [-0.3, -0.25) is 9.67 Å². The number of hydrogen-bond acceptors (Lipinski definition) is 6. The maximum absolute atomic E-state index is 14.8. The van der Waals surface area contributed by atoms with Crippen LogP contribution in [-0.4, -0.2) is 69.5 Å². The highest BCUT2D eigenvalue weighted by Gasteiger charge is 2.36.